The number of hydrogen-bond donors (Lipinski definition) is 1. The maximum atomic E-state index is 13.4. The van der Waals surface area contributed by atoms with Crippen LogP contribution in [-0.4, -0.2) is 56.5 Å². The van der Waals surface area contributed by atoms with Crippen LogP contribution in [0, 0.1) is 5.82 Å². The van der Waals surface area contributed by atoms with Gasteiger partial charge in [0.05, 0.1) is 6.20 Å². The van der Waals surface area contributed by atoms with Crippen molar-refractivity contribution < 1.29 is 14.0 Å². The van der Waals surface area contributed by atoms with Crippen LogP contribution in [0.15, 0.2) is 47.7 Å². The number of amides is 2. The van der Waals surface area contributed by atoms with Crippen LogP contribution in [0.5, 0.6) is 0 Å². The van der Waals surface area contributed by atoms with Gasteiger partial charge in [0.2, 0.25) is 5.91 Å². The highest BCUT2D eigenvalue weighted by Gasteiger charge is 2.28. The Morgan fingerprint density at radius 3 is 2.66 bits per heavy atom. The lowest BCUT2D eigenvalue weighted by molar-refractivity contribution is -0.129. The molecule has 0 saturated carbocycles. The summed E-state index contributed by atoms with van der Waals surface area (Å²) >= 11 is 0. The van der Waals surface area contributed by atoms with E-state index in [-0.39, 0.29) is 17.4 Å². The standard InChI is InChI=1S/C23H24FN5O3/c1-15(30)28-10-8-20-17(13-28)14-29(19-5-3-18(24)4-6-19)23(32)21(20)22(31)27(2)9-7-16-11-25-26-12-16/h3-6,11-12,14H,7-10,13H2,1-2H3,(H,25,26). The number of carbonyl (C=O) groups is 2. The Kier molecular flexibility index (Phi) is 5.89. The highest BCUT2D eigenvalue weighted by Crippen LogP contribution is 2.23. The Balaban J connectivity index is 1.75. The number of fused-ring (bicyclic) bond motifs is 1. The molecular formula is C23H24FN5O3. The predicted octanol–water partition coefficient (Wildman–Crippen LogP) is 1.92. The summed E-state index contributed by atoms with van der Waals surface area (Å²) in [6.07, 6.45) is 6.13. The summed E-state index contributed by atoms with van der Waals surface area (Å²) in [5.41, 5.74) is 2.47. The van der Waals surface area contributed by atoms with Gasteiger partial charge in [0, 0.05) is 51.7 Å². The SMILES string of the molecule is CC(=O)N1CCc2c(cn(-c3ccc(F)cc3)c(=O)c2C(=O)N(C)CCc2cn[nH]c2)C1. The molecule has 1 aliphatic heterocycles. The highest BCUT2D eigenvalue weighted by atomic mass is 19.1. The zero-order chi connectivity index (χ0) is 22.8. The molecule has 1 N–H and O–H groups in total. The molecule has 32 heavy (non-hydrogen) atoms. The molecule has 1 aliphatic rings. The number of rotatable bonds is 5. The number of aromatic amines is 1. The fourth-order valence-electron chi connectivity index (χ4n) is 3.94. The summed E-state index contributed by atoms with van der Waals surface area (Å²) in [4.78, 5) is 42.0. The fraction of sp³-hybridized carbons (Fsp3) is 0.304. The van der Waals surface area contributed by atoms with E-state index in [0.717, 1.165) is 11.1 Å². The molecule has 3 heterocycles. The van der Waals surface area contributed by atoms with Crippen LogP contribution in [0.3, 0.4) is 0 Å². The van der Waals surface area contributed by atoms with Crippen LogP contribution in [0.25, 0.3) is 5.69 Å². The number of carbonyl (C=O) groups excluding carboxylic acids is 2. The normalized spacial score (nSPS) is 13.0. The first-order chi connectivity index (χ1) is 15.3. The van der Waals surface area contributed by atoms with Gasteiger partial charge >= 0.3 is 0 Å². The monoisotopic (exact) mass is 437 g/mol. The van der Waals surface area contributed by atoms with Gasteiger partial charge in [-0.25, -0.2) is 4.39 Å². The van der Waals surface area contributed by atoms with E-state index in [1.54, 1.807) is 30.5 Å². The molecule has 0 aliphatic carbocycles. The Hall–Kier alpha value is -3.75. The molecule has 0 atom stereocenters. The second-order valence-electron chi connectivity index (χ2n) is 7.93. The van der Waals surface area contributed by atoms with Crippen molar-refractivity contribution >= 4 is 11.8 Å². The maximum Gasteiger partial charge on any atom is 0.268 e. The summed E-state index contributed by atoms with van der Waals surface area (Å²) in [5.74, 6) is -0.861. The number of aromatic nitrogens is 3. The molecule has 2 amide bonds. The van der Waals surface area contributed by atoms with Gasteiger partial charge in [0.25, 0.3) is 11.5 Å². The van der Waals surface area contributed by atoms with E-state index in [4.69, 9.17) is 0 Å². The number of nitrogens with one attached hydrogen (secondary N) is 1. The molecule has 0 bridgehead atoms. The van der Waals surface area contributed by atoms with Crippen molar-refractivity contribution in [3.05, 3.63) is 81.3 Å². The third kappa shape index (κ3) is 4.18. The van der Waals surface area contributed by atoms with E-state index in [2.05, 4.69) is 10.2 Å². The van der Waals surface area contributed by atoms with Crippen molar-refractivity contribution in [1.29, 1.82) is 0 Å². The van der Waals surface area contributed by atoms with Gasteiger partial charge in [-0.1, -0.05) is 0 Å². The van der Waals surface area contributed by atoms with Gasteiger partial charge in [0.1, 0.15) is 11.4 Å². The number of halogens is 1. The number of H-pyrrole nitrogens is 1. The van der Waals surface area contributed by atoms with Crippen LogP contribution < -0.4 is 5.56 Å². The Morgan fingerprint density at radius 1 is 1.25 bits per heavy atom. The van der Waals surface area contributed by atoms with Gasteiger partial charge < -0.3 is 9.80 Å². The molecule has 0 saturated heterocycles. The lowest BCUT2D eigenvalue weighted by Crippen LogP contribution is -2.41. The quantitative estimate of drug-likeness (QED) is 0.660. The van der Waals surface area contributed by atoms with Gasteiger partial charge in [-0.05, 0) is 53.8 Å². The number of pyridine rings is 1. The molecule has 4 rings (SSSR count). The number of hydrogen-bond acceptors (Lipinski definition) is 4. The van der Waals surface area contributed by atoms with E-state index in [0.29, 0.717) is 43.7 Å². The van der Waals surface area contributed by atoms with E-state index in [1.165, 1.54) is 40.7 Å². The van der Waals surface area contributed by atoms with Gasteiger partial charge in [-0.3, -0.25) is 24.0 Å². The minimum atomic E-state index is -0.452. The van der Waals surface area contributed by atoms with Crippen molar-refractivity contribution in [3.8, 4) is 5.69 Å². The summed E-state index contributed by atoms with van der Waals surface area (Å²) in [6, 6.07) is 5.51. The smallest absolute Gasteiger partial charge is 0.268 e. The van der Waals surface area contributed by atoms with Crippen molar-refractivity contribution in [2.75, 3.05) is 20.1 Å². The average Bonchev–Trinajstić information content (AvgIpc) is 3.30. The molecule has 166 valence electrons. The maximum absolute atomic E-state index is 13.4. The first kappa shape index (κ1) is 21.5. The second kappa shape index (κ2) is 8.78. The molecule has 0 unspecified atom stereocenters. The Labute approximate surface area is 184 Å². The number of nitrogens with zero attached hydrogens (tertiary/aromatic N) is 4. The molecule has 3 aromatic rings. The lowest BCUT2D eigenvalue weighted by atomic mass is 9.95. The van der Waals surface area contributed by atoms with Crippen molar-refractivity contribution in [2.45, 2.75) is 26.3 Å². The lowest BCUT2D eigenvalue weighted by Gasteiger charge is -2.30. The van der Waals surface area contributed by atoms with E-state index in [9.17, 15) is 18.8 Å². The molecule has 0 spiro atoms. The van der Waals surface area contributed by atoms with Crippen molar-refractivity contribution in [2.24, 2.45) is 0 Å². The van der Waals surface area contributed by atoms with E-state index >= 15 is 0 Å². The third-order valence-electron chi connectivity index (χ3n) is 5.80. The average molecular weight is 437 g/mol. The minimum absolute atomic E-state index is 0.0692. The molecule has 2 aromatic heterocycles. The van der Waals surface area contributed by atoms with Crippen LogP contribution >= 0.6 is 0 Å². The molecule has 0 fully saturated rings. The fourth-order valence-corrected chi connectivity index (χ4v) is 3.94. The summed E-state index contributed by atoms with van der Waals surface area (Å²) < 4.78 is 14.8. The first-order valence-corrected chi connectivity index (χ1v) is 10.4. The van der Waals surface area contributed by atoms with Crippen molar-refractivity contribution in [1.82, 2.24) is 24.6 Å². The zero-order valence-electron chi connectivity index (χ0n) is 18.0. The minimum Gasteiger partial charge on any atom is -0.341 e. The Bertz CT molecular complexity index is 1200. The molecular weight excluding hydrogens is 413 g/mol. The highest BCUT2D eigenvalue weighted by molar-refractivity contribution is 5.95. The molecule has 0 radical (unpaired) electrons. The largest absolute Gasteiger partial charge is 0.341 e. The van der Waals surface area contributed by atoms with E-state index in [1.807, 2.05) is 0 Å². The molecule has 8 nitrogen and oxygen atoms in total. The third-order valence-corrected chi connectivity index (χ3v) is 5.80. The summed E-state index contributed by atoms with van der Waals surface area (Å²) in [5, 5.41) is 6.65. The van der Waals surface area contributed by atoms with Crippen LogP contribution in [0.4, 0.5) is 4.39 Å². The summed E-state index contributed by atoms with van der Waals surface area (Å²) in [7, 11) is 1.66. The topological polar surface area (TPSA) is 91.3 Å². The van der Waals surface area contributed by atoms with Gasteiger partial charge in [0.15, 0.2) is 0 Å². The second-order valence-corrected chi connectivity index (χ2v) is 7.93. The van der Waals surface area contributed by atoms with E-state index < -0.39 is 11.4 Å². The van der Waals surface area contributed by atoms with Crippen LogP contribution in [0.1, 0.15) is 34.0 Å². The predicted molar refractivity (Wildman–Crippen MR) is 116 cm³/mol. The number of likely N-dealkylation sites (N-methyl/N-ethyl adjacent to an activating group) is 1. The van der Waals surface area contributed by atoms with Crippen LogP contribution in [0.2, 0.25) is 0 Å². The van der Waals surface area contributed by atoms with Gasteiger partial charge in [-0.15, -0.1) is 0 Å². The zero-order valence-corrected chi connectivity index (χ0v) is 18.0. The molecule has 9 heteroatoms. The number of benzene rings is 1. The Morgan fingerprint density at radius 2 is 2.00 bits per heavy atom. The summed E-state index contributed by atoms with van der Waals surface area (Å²) in [6.45, 7) is 2.67. The first-order valence-electron chi connectivity index (χ1n) is 10.4. The van der Waals surface area contributed by atoms with Crippen molar-refractivity contribution in [3.63, 3.8) is 0 Å². The van der Waals surface area contributed by atoms with Crippen LogP contribution in [-0.2, 0) is 24.2 Å². The molecule has 1 aromatic carbocycles. The van der Waals surface area contributed by atoms with Gasteiger partial charge in [-0.2, -0.15) is 5.10 Å².